The first-order chi connectivity index (χ1) is 11.8. The standard InChI is InChI=1S/C22H14O2/c23-19-13-12-17(14-6-2-1-3-7-14)22-20(19)18-11-10-15-8-4-5-9-16(15)21(18)24-22/h1-13,23H. The highest BCUT2D eigenvalue weighted by Gasteiger charge is 2.17. The quantitative estimate of drug-likeness (QED) is 0.405. The van der Waals surface area contributed by atoms with Crippen molar-refractivity contribution in [3.63, 3.8) is 0 Å². The molecule has 1 N–H and O–H groups in total. The summed E-state index contributed by atoms with van der Waals surface area (Å²) in [6.45, 7) is 0. The minimum absolute atomic E-state index is 0.249. The molecule has 0 spiro atoms. The molecule has 2 nitrogen and oxygen atoms in total. The Morgan fingerprint density at radius 1 is 0.625 bits per heavy atom. The first kappa shape index (κ1) is 13.2. The van der Waals surface area contributed by atoms with Gasteiger partial charge in [-0.05, 0) is 29.1 Å². The number of aromatic hydroxyl groups is 1. The molecule has 0 aliphatic rings. The molecule has 5 aromatic rings. The van der Waals surface area contributed by atoms with E-state index in [4.69, 9.17) is 4.42 Å². The normalized spacial score (nSPS) is 11.5. The van der Waals surface area contributed by atoms with Gasteiger partial charge in [0.05, 0.1) is 5.39 Å². The largest absolute Gasteiger partial charge is 0.507 e. The summed E-state index contributed by atoms with van der Waals surface area (Å²) in [4.78, 5) is 0. The lowest BCUT2D eigenvalue weighted by Gasteiger charge is -2.03. The first-order valence-corrected chi connectivity index (χ1v) is 7.94. The molecular formula is C22H14O2. The van der Waals surface area contributed by atoms with Crippen molar-refractivity contribution in [1.82, 2.24) is 0 Å². The van der Waals surface area contributed by atoms with E-state index in [1.165, 1.54) is 0 Å². The first-order valence-electron chi connectivity index (χ1n) is 7.94. The Kier molecular flexibility index (Phi) is 2.68. The molecule has 0 radical (unpaired) electrons. The second kappa shape index (κ2) is 4.87. The monoisotopic (exact) mass is 310 g/mol. The summed E-state index contributed by atoms with van der Waals surface area (Å²) in [6.07, 6.45) is 0. The predicted molar refractivity (Wildman–Crippen MR) is 98.3 cm³/mol. The van der Waals surface area contributed by atoms with E-state index in [0.717, 1.165) is 43.8 Å². The Labute approximate surface area is 138 Å². The number of phenolic OH excluding ortho intramolecular Hbond substituents is 1. The fraction of sp³-hybridized carbons (Fsp3) is 0. The zero-order valence-electron chi connectivity index (χ0n) is 12.9. The highest BCUT2D eigenvalue weighted by molar-refractivity contribution is 6.19. The molecule has 0 aliphatic heterocycles. The highest BCUT2D eigenvalue weighted by Crippen LogP contribution is 2.42. The maximum atomic E-state index is 10.4. The van der Waals surface area contributed by atoms with Gasteiger partial charge < -0.3 is 9.52 Å². The molecule has 0 saturated carbocycles. The van der Waals surface area contributed by atoms with Crippen molar-refractivity contribution in [2.24, 2.45) is 0 Å². The summed E-state index contributed by atoms with van der Waals surface area (Å²) in [5.74, 6) is 0.249. The van der Waals surface area contributed by atoms with E-state index in [9.17, 15) is 5.11 Å². The van der Waals surface area contributed by atoms with Crippen LogP contribution >= 0.6 is 0 Å². The zero-order valence-corrected chi connectivity index (χ0v) is 12.9. The molecule has 0 unspecified atom stereocenters. The number of phenols is 1. The Hall–Kier alpha value is -3.26. The van der Waals surface area contributed by atoms with Crippen molar-refractivity contribution < 1.29 is 9.52 Å². The van der Waals surface area contributed by atoms with Crippen LogP contribution in [0.5, 0.6) is 5.75 Å². The number of benzene rings is 4. The predicted octanol–water partition coefficient (Wildman–Crippen LogP) is 6.11. The van der Waals surface area contributed by atoms with Gasteiger partial charge in [-0.2, -0.15) is 0 Å². The Morgan fingerprint density at radius 3 is 2.29 bits per heavy atom. The van der Waals surface area contributed by atoms with Crippen LogP contribution in [0.1, 0.15) is 0 Å². The number of fused-ring (bicyclic) bond motifs is 5. The molecule has 4 aromatic carbocycles. The molecule has 5 rings (SSSR count). The van der Waals surface area contributed by atoms with Crippen molar-refractivity contribution in [1.29, 1.82) is 0 Å². The Morgan fingerprint density at radius 2 is 1.42 bits per heavy atom. The van der Waals surface area contributed by atoms with Crippen molar-refractivity contribution in [3.05, 3.63) is 78.9 Å². The molecule has 0 bridgehead atoms. The van der Waals surface area contributed by atoms with E-state index in [1.807, 2.05) is 42.5 Å². The van der Waals surface area contributed by atoms with Crippen LogP contribution in [-0.2, 0) is 0 Å². The maximum Gasteiger partial charge on any atom is 0.147 e. The summed E-state index contributed by atoms with van der Waals surface area (Å²) in [6, 6.07) is 26.0. The number of hydrogen-bond acceptors (Lipinski definition) is 2. The smallest absolute Gasteiger partial charge is 0.147 e. The minimum atomic E-state index is 0.249. The van der Waals surface area contributed by atoms with Crippen LogP contribution in [0.15, 0.2) is 83.3 Å². The molecule has 1 heterocycles. The third kappa shape index (κ3) is 1.77. The van der Waals surface area contributed by atoms with Crippen molar-refractivity contribution in [2.45, 2.75) is 0 Å². The van der Waals surface area contributed by atoms with Crippen molar-refractivity contribution in [3.8, 4) is 16.9 Å². The van der Waals surface area contributed by atoms with Crippen molar-refractivity contribution >= 4 is 32.7 Å². The Balaban J connectivity index is 1.98. The fourth-order valence-electron chi connectivity index (χ4n) is 3.44. The van der Waals surface area contributed by atoms with Gasteiger partial charge in [-0.25, -0.2) is 0 Å². The minimum Gasteiger partial charge on any atom is -0.507 e. The van der Waals surface area contributed by atoms with E-state index in [1.54, 1.807) is 6.07 Å². The van der Waals surface area contributed by atoms with Gasteiger partial charge in [0.2, 0.25) is 0 Å². The molecule has 0 amide bonds. The van der Waals surface area contributed by atoms with Crippen LogP contribution in [0, 0.1) is 0 Å². The summed E-state index contributed by atoms with van der Waals surface area (Å²) in [5.41, 5.74) is 3.61. The number of rotatable bonds is 1. The number of hydrogen-bond donors (Lipinski definition) is 1. The van der Waals surface area contributed by atoms with Gasteiger partial charge in [-0.3, -0.25) is 0 Å². The second-order valence-corrected chi connectivity index (χ2v) is 5.97. The third-order valence-corrected chi connectivity index (χ3v) is 4.57. The van der Waals surface area contributed by atoms with E-state index in [-0.39, 0.29) is 5.75 Å². The highest BCUT2D eigenvalue weighted by atomic mass is 16.3. The van der Waals surface area contributed by atoms with Crippen molar-refractivity contribution in [2.75, 3.05) is 0 Å². The molecule has 114 valence electrons. The van der Waals surface area contributed by atoms with Gasteiger partial charge in [0.25, 0.3) is 0 Å². The summed E-state index contributed by atoms with van der Waals surface area (Å²) in [7, 11) is 0. The molecule has 0 saturated heterocycles. The van der Waals surface area contributed by atoms with E-state index < -0.39 is 0 Å². The molecule has 0 fully saturated rings. The van der Waals surface area contributed by atoms with Crippen LogP contribution in [0.25, 0.3) is 43.8 Å². The van der Waals surface area contributed by atoms with Crippen LogP contribution in [0.4, 0.5) is 0 Å². The third-order valence-electron chi connectivity index (χ3n) is 4.57. The van der Waals surface area contributed by atoms with Gasteiger partial charge in [-0.15, -0.1) is 0 Å². The molecular weight excluding hydrogens is 296 g/mol. The van der Waals surface area contributed by atoms with E-state index in [0.29, 0.717) is 0 Å². The van der Waals surface area contributed by atoms with Crippen LogP contribution in [-0.4, -0.2) is 5.11 Å². The molecule has 1 aromatic heterocycles. The average Bonchev–Trinajstić information content (AvgIpc) is 3.03. The van der Waals surface area contributed by atoms with Gasteiger partial charge in [0, 0.05) is 16.3 Å². The van der Waals surface area contributed by atoms with Gasteiger partial charge >= 0.3 is 0 Å². The van der Waals surface area contributed by atoms with Gasteiger partial charge in [0.1, 0.15) is 16.9 Å². The lowest BCUT2D eigenvalue weighted by atomic mass is 10.0. The SMILES string of the molecule is Oc1ccc(-c2ccccc2)c2oc3c4ccccc4ccc3c12. The number of furan rings is 1. The van der Waals surface area contributed by atoms with Gasteiger partial charge in [-0.1, -0.05) is 60.7 Å². The maximum absolute atomic E-state index is 10.4. The summed E-state index contributed by atoms with van der Waals surface area (Å²) >= 11 is 0. The lowest BCUT2D eigenvalue weighted by molar-refractivity contribution is 0.481. The van der Waals surface area contributed by atoms with Crippen LogP contribution in [0.3, 0.4) is 0 Å². The lowest BCUT2D eigenvalue weighted by Crippen LogP contribution is -1.78. The van der Waals surface area contributed by atoms with E-state index in [2.05, 4.69) is 30.3 Å². The average molecular weight is 310 g/mol. The second-order valence-electron chi connectivity index (χ2n) is 5.97. The molecule has 24 heavy (non-hydrogen) atoms. The van der Waals surface area contributed by atoms with Crippen LogP contribution < -0.4 is 0 Å². The topological polar surface area (TPSA) is 33.4 Å². The summed E-state index contributed by atoms with van der Waals surface area (Å²) in [5, 5.41) is 14.3. The van der Waals surface area contributed by atoms with Gasteiger partial charge in [0.15, 0.2) is 0 Å². The fourth-order valence-corrected chi connectivity index (χ4v) is 3.44. The zero-order chi connectivity index (χ0) is 16.1. The molecule has 0 atom stereocenters. The Bertz CT molecular complexity index is 1200. The molecule has 0 aliphatic carbocycles. The molecule has 2 heteroatoms. The summed E-state index contributed by atoms with van der Waals surface area (Å²) < 4.78 is 6.27. The van der Waals surface area contributed by atoms with Crippen LogP contribution in [0.2, 0.25) is 0 Å². The van der Waals surface area contributed by atoms with E-state index >= 15 is 0 Å².